The van der Waals surface area contributed by atoms with Crippen LogP contribution in [-0.2, 0) is 14.8 Å². The van der Waals surface area contributed by atoms with Crippen molar-refractivity contribution < 1.29 is 13.2 Å². The Morgan fingerprint density at radius 2 is 1.62 bits per heavy atom. The first-order valence-electron chi connectivity index (χ1n) is 7.51. The summed E-state index contributed by atoms with van der Waals surface area (Å²) in [7, 11) is -3.77. The molecule has 0 aliphatic carbocycles. The maximum absolute atomic E-state index is 12.7. The van der Waals surface area contributed by atoms with Crippen molar-refractivity contribution in [2.75, 3.05) is 15.9 Å². The van der Waals surface area contributed by atoms with E-state index in [4.69, 9.17) is 34.8 Å². The highest BCUT2D eigenvalue weighted by Crippen LogP contribution is 2.29. The number of nitrogens with one attached hydrogen (secondary N) is 1. The number of aryl methyl sites for hydroxylation is 1. The van der Waals surface area contributed by atoms with E-state index < -0.39 is 22.0 Å². The molecule has 0 aliphatic heterocycles. The summed E-state index contributed by atoms with van der Waals surface area (Å²) in [6, 6.07) is 8.32. The second-order valence-corrected chi connectivity index (χ2v) is 8.98. The Bertz CT molecular complexity index is 928. The number of hydrogen-bond donors (Lipinski definition) is 1. The van der Waals surface area contributed by atoms with Gasteiger partial charge in [0.05, 0.1) is 11.9 Å². The molecule has 1 amide bonds. The number of nitrogens with zero attached hydrogens (tertiary/aromatic N) is 1. The highest BCUT2D eigenvalue weighted by atomic mass is 35.5. The van der Waals surface area contributed by atoms with E-state index in [0.29, 0.717) is 10.7 Å². The molecule has 2 aromatic rings. The number of benzene rings is 2. The number of hydrogen-bond acceptors (Lipinski definition) is 3. The van der Waals surface area contributed by atoms with Crippen molar-refractivity contribution in [1.29, 1.82) is 0 Å². The summed E-state index contributed by atoms with van der Waals surface area (Å²) in [5.74, 6) is -0.503. The molecule has 0 heterocycles. The third kappa shape index (κ3) is 5.04. The molecule has 9 heteroatoms. The zero-order chi connectivity index (χ0) is 19.6. The van der Waals surface area contributed by atoms with Crippen molar-refractivity contribution in [3.05, 3.63) is 57.0 Å². The molecule has 140 valence electrons. The number of rotatable bonds is 5. The van der Waals surface area contributed by atoms with Crippen LogP contribution in [0.15, 0.2) is 36.4 Å². The van der Waals surface area contributed by atoms with E-state index in [1.54, 1.807) is 25.1 Å². The van der Waals surface area contributed by atoms with Crippen molar-refractivity contribution in [3.8, 4) is 0 Å². The Hall–Kier alpha value is -1.47. The molecule has 26 heavy (non-hydrogen) atoms. The van der Waals surface area contributed by atoms with Gasteiger partial charge in [0.1, 0.15) is 6.04 Å². The van der Waals surface area contributed by atoms with E-state index in [-0.39, 0.29) is 15.7 Å². The Balaban J connectivity index is 2.37. The van der Waals surface area contributed by atoms with Crippen LogP contribution in [0.4, 0.5) is 11.4 Å². The first kappa shape index (κ1) is 20.8. The summed E-state index contributed by atoms with van der Waals surface area (Å²) in [6.45, 7) is 3.27. The predicted molar refractivity (Wildman–Crippen MR) is 108 cm³/mol. The Labute approximate surface area is 167 Å². The van der Waals surface area contributed by atoms with Gasteiger partial charge in [0.15, 0.2) is 0 Å². The smallest absolute Gasteiger partial charge is 0.248 e. The van der Waals surface area contributed by atoms with Crippen molar-refractivity contribution >= 4 is 62.1 Å². The maximum atomic E-state index is 12.7. The van der Waals surface area contributed by atoms with Crippen LogP contribution < -0.4 is 9.62 Å². The number of sulfonamides is 1. The van der Waals surface area contributed by atoms with Crippen LogP contribution in [-0.4, -0.2) is 26.6 Å². The zero-order valence-corrected chi connectivity index (χ0v) is 17.3. The summed E-state index contributed by atoms with van der Waals surface area (Å²) < 4.78 is 25.6. The normalized spacial score (nSPS) is 12.5. The lowest BCUT2D eigenvalue weighted by Gasteiger charge is -2.28. The fourth-order valence-corrected chi connectivity index (χ4v) is 4.38. The van der Waals surface area contributed by atoms with Crippen molar-refractivity contribution in [3.63, 3.8) is 0 Å². The average Bonchev–Trinajstić information content (AvgIpc) is 2.47. The first-order chi connectivity index (χ1) is 12.0. The molecule has 2 rings (SSSR count). The second kappa shape index (κ2) is 8.05. The summed E-state index contributed by atoms with van der Waals surface area (Å²) in [6.07, 6.45) is 1.01. The van der Waals surface area contributed by atoms with E-state index in [1.807, 2.05) is 0 Å². The molecule has 0 fully saturated rings. The Kier molecular flexibility index (Phi) is 6.45. The molecule has 0 aliphatic rings. The van der Waals surface area contributed by atoms with Gasteiger partial charge >= 0.3 is 0 Å². The standard InChI is InChI=1S/C17H17Cl3N2O3S/c1-10-6-12(18)4-5-16(10)21-17(23)11(2)22(26(3,24)25)15-8-13(19)7-14(20)9-15/h4-9,11H,1-3H3,(H,21,23). The number of amides is 1. The summed E-state index contributed by atoms with van der Waals surface area (Å²) in [4.78, 5) is 12.7. The fourth-order valence-electron chi connectivity index (χ4n) is 2.48. The Morgan fingerprint density at radius 1 is 1.04 bits per heavy atom. The monoisotopic (exact) mass is 434 g/mol. The molecule has 0 spiro atoms. The number of halogens is 3. The van der Waals surface area contributed by atoms with Gasteiger partial charge in [0, 0.05) is 20.8 Å². The van der Waals surface area contributed by atoms with E-state index in [2.05, 4.69) is 5.32 Å². The predicted octanol–water partition coefficient (Wildman–Crippen LogP) is 4.75. The van der Waals surface area contributed by atoms with Gasteiger partial charge in [-0.15, -0.1) is 0 Å². The highest BCUT2D eigenvalue weighted by Gasteiger charge is 2.29. The number of carbonyl (C=O) groups excluding carboxylic acids is 1. The topological polar surface area (TPSA) is 66.5 Å². The van der Waals surface area contributed by atoms with Gasteiger partial charge in [-0.1, -0.05) is 34.8 Å². The lowest BCUT2D eigenvalue weighted by molar-refractivity contribution is -0.116. The molecular weight excluding hydrogens is 419 g/mol. The van der Waals surface area contributed by atoms with E-state index in [0.717, 1.165) is 16.1 Å². The van der Waals surface area contributed by atoms with Crippen molar-refractivity contribution in [1.82, 2.24) is 0 Å². The number of anilines is 2. The lowest BCUT2D eigenvalue weighted by atomic mass is 10.2. The molecule has 5 nitrogen and oxygen atoms in total. The molecule has 2 aromatic carbocycles. The van der Waals surface area contributed by atoms with Crippen LogP contribution in [0.5, 0.6) is 0 Å². The van der Waals surface area contributed by atoms with Crippen LogP contribution in [0.2, 0.25) is 15.1 Å². The van der Waals surface area contributed by atoms with Crippen molar-refractivity contribution in [2.24, 2.45) is 0 Å². The SMILES string of the molecule is Cc1cc(Cl)ccc1NC(=O)C(C)N(c1cc(Cl)cc(Cl)c1)S(C)(=O)=O. The summed E-state index contributed by atoms with van der Waals surface area (Å²) in [5.41, 5.74) is 1.51. The van der Waals surface area contributed by atoms with Crippen molar-refractivity contribution in [2.45, 2.75) is 19.9 Å². The van der Waals surface area contributed by atoms with Crippen LogP contribution in [0.3, 0.4) is 0 Å². The first-order valence-corrected chi connectivity index (χ1v) is 10.5. The van der Waals surface area contributed by atoms with E-state index >= 15 is 0 Å². The van der Waals surface area contributed by atoms with Gasteiger partial charge in [-0.2, -0.15) is 0 Å². The quantitative estimate of drug-likeness (QED) is 0.737. The molecule has 0 bridgehead atoms. The molecule has 0 saturated carbocycles. The van der Waals surface area contributed by atoms with Gasteiger partial charge in [-0.3, -0.25) is 9.10 Å². The largest absolute Gasteiger partial charge is 0.324 e. The van der Waals surface area contributed by atoms with Gasteiger partial charge in [-0.25, -0.2) is 8.42 Å². The third-order valence-electron chi connectivity index (χ3n) is 3.64. The van der Waals surface area contributed by atoms with Crippen LogP contribution in [0, 0.1) is 6.92 Å². The van der Waals surface area contributed by atoms with Gasteiger partial charge in [-0.05, 0) is 55.8 Å². The third-order valence-corrected chi connectivity index (χ3v) is 5.55. The molecule has 1 unspecified atom stereocenters. The zero-order valence-electron chi connectivity index (χ0n) is 14.3. The van der Waals surface area contributed by atoms with Gasteiger partial charge in [0.25, 0.3) is 0 Å². The lowest BCUT2D eigenvalue weighted by Crippen LogP contribution is -2.45. The molecule has 1 N–H and O–H groups in total. The fraction of sp³-hybridized carbons (Fsp3) is 0.235. The molecule has 0 radical (unpaired) electrons. The molecular formula is C17H17Cl3N2O3S. The van der Waals surface area contributed by atoms with E-state index in [9.17, 15) is 13.2 Å². The van der Waals surface area contributed by atoms with Crippen LogP contribution in [0.1, 0.15) is 12.5 Å². The highest BCUT2D eigenvalue weighted by molar-refractivity contribution is 7.92. The second-order valence-electron chi connectivity index (χ2n) is 5.81. The molecule has 0 saturated heterocycles. The van der Waals surface area contributed by atoms with E-state index in [1.165, 1.54) is 25.1 Å². The summed E-state index contributed by atoms with van der Waals surface area (Å²) >= 11 is 17.9. The number of carbonyl (C=O) groups is 1. The Morgan fingerprint density at radius 3 is 2.12 bits per heavy atom. The minimum absolute atomic E-state index is 0.209. The molecule has 0 aromatic heterocycles. The van der Waals surface area contributed by atoms with Crippen LogP contribution >= 0.6 is 34.8 Å². The minimum Gasteiger partial charge on any atom is -0.324 e. The average molecular weight is 436 g/mol. The van der Waals surface area contributed by atoms with Gasteiger partial charge in [0.2, 0.25) is 15.9 Å². The van der Waals surface area contributed by atoms with Gasteiger partial charge < -0.3 is 5.32 Å². The minimum atomic E-state index is -3.77. The van der Waals surface area contributed by atoms with Crippen LogP contribution in [0.25, 0.3) is 0 Å². The maximum Gasteiger partial charge on any atom is 0.248 e. The summed E-state index contributed by atoms with van der Waals surface area (Å²) in [5, 5.41) is 3.79. The molecule has 1 atom stereocenters.